The summed E-state index contributed by atoms with van der Waals surface area (Å²) in [7, 11) is 1.62. The fraction of sp³-hybridized carbons (Fsp3) is 0.286. The van der Waals surface area contributed by atoms with Crippen LogP contribution in [-0.4, -0.2) is 35.5 Å². The second-order valence-electron chi connectivity index (χ2n) is 4.07. The number of aryl methyl sites for hydroxylation is 1. The van der Waals surface area contributed by atoms with Crippen LogP contribution in [0.15, 0.2) is 28.6 Å². The van der Waals surface area contributed by atoms with E-state index in [4.69, 9.17) is 14.6 Å². The van der Waals surface area contributed by atoms with Crippen molar-refractivity contribution in [2.45, 2.75) is 11.3 Å². The summed E-state index contributed by atoms with van der Waals surface area (Å²) >= 11 is 2.69. The molecule has 7 heteroatoms. The molecule has 2 aromatic rings. The Morgan fingerprint density at radius 3 is 2.57 bits per heavy atom. The minimum Gasteiger partial charge on any atom is -0.497 e. The van der Waals surface area contributed by atoms with E-state index in [1.54, 1.807) is 14.0 Å². The van der Waals surface area contributed by atoms with Gasteiger partial charge in [-0.25, -0.2) is 9.78 Å². The van der Waals surface area contributed by atoms with Crippen molar-refractivity contribution in [3.63, 3.8) is 0 Å². The van der Waals surface area contributed by atoms with Gasteiger partial charge in [0.05, 0.1) is 19.4 Å². The standard InChI is InChI=1S/C14H15NO4S2/c1-9-12(13(16)17)21-14(15-9)20-8-7-19-11-5-3-10(18-2)4-6-11/h3-6H,7-8H2,1-2H3,(H,16,17). The molecule has 0 unspecified atom stereocenters. The molecule has 0 spiro atoms. The number of thiazole rings is 1. The summed E-state index contributed by atoms with van der Waals surface area (Å²) in [6.45, 7) is 2.23. The molecule has 0 saturated heterocycles. The van der Waals surface area contributed by atoms with Crippen molar-refractivity contribution in [1.29, 1.82) is 0 Å². The van der Waals surface area contributed by atoms with Crippen LogP contribution in [0.25, 0.3) is 0 Å². The van der Waals surface area contributed by atoms with E-state index in [-0.39, 0.29) is 0 Å². The number of ether oxygens (including phenoxy) is 2. The number of hydrogen-bond donors (Lipinski definition) is 1. The molecule has 2 rings (SSSR count). The first kappa shape index (κ1) is 15.7. The first-order chi connectivity index (χ1) is 10.1. The Labute approximate surface area is 130 Å². The molecule has 1 N–H and O–H groups in total. The molecule has 1 aromatic carbocycles. The summed E-state index contributed by atoms with van der Waals surface area (Å²) in [6, 6.07) is 7.37. The molecule has 5 nitrogen and oxygen atoms in total. The highest BCUT2D eigenvalue weighted by Gasteiger charge is 2.13. The van der Waals surface area contributed by atoms with Gasteiger partial charge in [-0.1, -0.05) is 11.8 Å². The Kier molecular flexibility index (Phi) is 5.46. The first-order valence-corrected chi connectivity index (χ1v) is 8.00. The number of aromatic carboxylic acids is 1. The van der Waals surface area contributed by atoms with Crippen LogP contribution in [-0.2, 0) is 0 Å². The second-order valence-corrected chi connectivity index (χ2v) is 6.41. The molecular formula is C14H15NO4S2. The maximum absolute atomic E-state index is 10.9. The lowest BCUT2D eigenvalue weighted by Gasteiger charge is -2.06. The average molecular weight is 325 g/mol. The molecule has 0 fully saturated rings. The van der Waals surface area contributed by atoms with Crippen molar-refractivity contribution in [2.24, 2.45) is 0 Å². The van der Waals surface area contributed by atoms with Gasteiger partial charge in [0.15, 0.2) is 4.34 Å². The minimum absolute atomic E-state index is 0.300. The highest BCUT2D eigenvalue weighted by Crippen LogP contribution is 2.27. The van der Waals surface area contributed by atoms with Crippen LogP contribution in [0.1, 0.15) is 15.4 Å². The van der Waals surface area contributed by atoms with Gasteiger partial charge >= 0.3 is 5.97 Å². The van der Waals surface area contributed by atoms with Crippen LogP contribution in [0.2, 0.25) is 0 Å². The number of benzene rings is 1. The second kappa shape index (κ2) is 7.33. The van der Waals surface area contributed by atoms with Gasteiger partial charge in [-0.3, -0.25) is 0 Å². The summed E-state index contributed by atoms with van der Waals surface area (Å²) in [5.74, 6) is 1.35. The lowest BCUT2D eigenvalue weighted by molar-refractivity contribution is 0.0701. The Morgan fingerprint density at radius 1 is 1.33 bits per heavy atom. The fourth-order valence-electron chi connectivity index (χ4n) is 1.59. The molecule has 0 saturated carbocycles. The number of thioether (sulfide) groups is 1. The number of aromatic nitrogens is 1. The van der Waals surface area contributed by atoms with E-state index < -0.39 is 5.97 Å². The van der Waals surface area contributed by atoms with Crippen LogP contribution >= 0.6 is 23.1 Å². The zero-order valence-corrected chi connectivity index (χ0v) is 13.3. The molecule has 0 radical (unpaired) electrons. The largest absolute Gasteiger partial charge is 0.497 e. The topological polar surface area (TPSA) is 68.7 Å². The molecular weight excluding hydrogens is 310 g/mol. The Hall–Kier alpha value is -1.73. The number of rotatable bonds is 7. The smallest absolute Gasteiger partial charge is 0.347 e. The van der Waals surface area contributed by atoms with Gasteiger partial charge in [-0.15, -0.1) is 11.3 Å². The van der Waals surface area contributed by atoms with Gasteiger partial charge in [0, 0.05) is 5.75 Å². The van der Waals surface area contributed by atoms with Crippen molar-refractivity contribution in [3.05, 3.63) is 34.8 Å². The average Bonchev–Trinajstić information content (AvgIpc) is 2.85. The van der Waals surface area contributed by atoms with Crippen molar-refractivity contribution < 1.29 is 19.4 Å². The molecule has 112 valence electrons. The van der Waals surface area contributed by atoms with Gasteiger partial charge in [0.2, 0.25) is 0 Å². The molecule has 0 aliphatic heterocycles. The molecule has 1 heterocycles. The zero-order chi connectivity index (χ0) is 15.2. The van der Waals surface area contributed by atoms with Crippen LogP contribution in [0.3, 0.4) is 0 Å². The van der Waals surface area contributed by atoms with E-state index in [1.807, 2.05) is 24.3 Å². The predicted molar refractivity (Wildman–Crippen MR) is 83.0 cm³/mol. The van der Waals surface area contributed by atoms with Crippen molar-refractivity contribution in [1.82, 2.24) is 4.98 Å². The summed E-state index contributed by atoms with van der Waals surface area (Å²) in [6.07, 6.45) is 0. The fourth-order valence-corrected chi connectivity index (χ4v) is 3.51. The Morgan fingerprint density at radius 2 is 2.00 bits per heavy atom. The first-order valence-electron chi connectivity index (χ1n) is 6.20. The Bertz CT molecular complexity index is 610. The van der Waals surface area contributed by atoms with Crippen LogP contribution in [0.4, 0.5) is 0 Å². The van der Waals surface area contributed by atoms with E-state index in [0.717, 1.165) is 15.8 Å². The quantitative estimate of drug-likeness (QED) is 0.622. The SMILES string of the molecule is COc1ccc(OCCSc2nc(C)c(C(=O)O)s2)cc1. The third kappa shape index (κ3) is 4.37. The molecule has 0 bridgehead atoms. The summed E-state index contributed by atoms with van der Waals surface area (Å²) < 4.78 is 11.4. The minimum atomic E-state index is -0.925. The number of carboxylic acids is 1. The van der Waals surface area contributed by atoms with E-state index in [1.165, 1.54) is 23.1 Å². The molecule has 0 amide bonds. The van der Waals surface area contributed by atoms with Crippen LogP contribution in [0.5, 0.6) is 11.5 Å². The third-order valence-corrected chi connectivity index (χ3v) is 4.86. The Balaban J connectivity index is 1.79. The van der Waals surface area contributed by atoms with E-state index in [9.17, 15) is 4.79 Å². The lowest BCUT2D eigenvalue weighted by Crippen LogP contribution is -1.99. The van der Waals surface area contributed by atoms with Crippen molar-refractivity contribution >= 4 is 29.1 Å². The van der Waals surface area contributed by atoms with E-state index in [2.05, 4.69) is 4.98 Å². The third-order valence-electron chi connectivity index (χ3n) is 2.61. The summed E-state index contributed by atoms with van der Waals surface area (Å²) in [5.41, 5.74) is 0.561. The zero-order valence-electron chi connectivity index (χ0n) is 11.7. The van der Waals surface area contributed by atoms with Gasteiger partial charge in [0.25, 0.3) is 0 Å². The normalized spacial score (nSPS) is 10.4. The highest BCUT2D eigenvalue weighted by atomic mass is 32.2. The number of methoxy groups -OCH3 is 1. The summed E-state index contributed by atoms with van der Waals surface area (Å²) in [5, 5.41) is 8.97. The molecule has 21 heavy (non-hydrogen) atoms. The number of hydrogen-bond acceptors (Lipinski definition) is 6. The number of carbonyl (C=O) groups is 1. The monoisotopic (exact) mass is 325 g/mol. The van der Waals surface area contributed by atoms with Crippen LogP contribution in [0, 0.1) is 6.92 Å². The van der Waals surface area contributed by atoms with Crippen LogP contribution < -0.4 is 9.47 Å². The van der Waals surface area contributed by atoms with Gasteiger partial charge in [-0.05, 0) is 31.2 Å². The molecule has 0 atom stereocenters. The summed E-state index contributed by atoms with van der Waals surface area (Å²) in [4.78, 5) is 15.5. The van der Waals surface area contributed by atoms with Gasteiger partial charge < -0.3 is 14.6 Å². The predicted octanol–water partition coefficient (Wildman–Crippen LogP) is 3.33. The van der Waals surface area contributed by atoms with E-state index in [0.29, 0.717) is 22.9 Å². The maximum Gasteiger partial charge on any atom is 0.347 e. The van der Waals surface area contributed by atoms with E-state index >= 15 is 0 Å². The van der Waals surface area contributed by atoms with Crippen molar-refractivity contribution in [2.75, 3.05) is 19.5 Å². The highest BCUT2D eigenvalue weighted by molar-refractivity contribution is 8.01. The van der Waals surface area contributed by atoms with Crippen molar-refractivity contribution in [3.8, 4) is 11.5 Å². The number of nitrogens with zero attached hydrogens (tertiary/aromatic N) is 1. The lowest BCUT2D eigenvalue weighted by atomic mass is 10.3. The van der Waals surface area contributed by atoms with Gasteiger partial charge in [-0.2, -0.15) is 0 Å². The molecule has 0 aliphatic rings. The van der Waals surface area contributed by atoms with Gasteiger partial charge in [0.1, 0.15) is 16.4 Å². The molecule has 1 aromatic heterocycles. The number of carboxylic acid groups (broad SMARTS) is 1. The maximum atomic E-state index is 10.9. The molecule has 0 aliphatic carbocycles.